The molecule has 0 spiro atoms. The van der Waals surface area contributed by atoms with Gasteiger partial charge in [-0.3, -0.25) is 0 Å². The molecular weight excluding hydrogens is 533 g/mol. The third kappa shape index (κ3) is 5.78. The molecule has 3 rings (SSSR count). The van der Waals surface area contributed by atoms with E-state index in [0.29, 0.717) is 19.3 Å². The van der Waals surface area contributed by atoms with E-state index in [1.165, 1.54) is 0 Å². The molecule has 34 heavy (non-hydrogen) atoms. The first kappa shape index (κ1) is 31.7. The molecule has 10 heteroatoms. The van der Waals surface area contributed by atoms with E-state index in [-0.39, 0.29) is 40.0 Å². The van der Waals surface area contributed by atoms with E-state index in [0.717, 1.165) is 15.6 Å². The van der Waals surface area contributed by atoms with Crippen LogP contribution in [0.3, 0.4) is 0 Å². The predicted molar refractivity (Wildman–Crippen MR) is 127 cm³/mol. The zero-order valence-electron chi connectivity index (χ0n) is 20.8. The second-order valence-electron chi connectivity index (χ2n) is 8.02. The topological polar surface area (TPSA) is 78.4 Å². The summed E-state index contributed by atoms with van der Waals surface area (Å²) in [6.07, 6.45) is 17.7. The summed E-state index contributed by atoms with van der Waals surface area (Å²) in [7, 11) is 5.78. The first-order valence-corrected chi connectivity index (χ1v) is 12.4. The van der Waals surface area contributed by atoms with Crippen LogP contribution in [-0.4, -0.2) is 91.4 Å². The Balaban J connectivity index is 0.00000289. The van der Waals surface area contributed by atoms with E-state index < -0.39 is 25.7 Å². The number of methoxy groups -OCH3 is 6. The standard InChI is InChI=1S/C24H33O7Si.BrH.Mg/c1-26-22(27-2)13-7-10-19(16-22)32(25,20-11-8-14-23(17-20,28-3)29-4)21-12-9-15-24(18-21,30-5)31-6;;/h7-15H,16-18H2,1-6H3;1H;/q-1;;+2/p-1. The van der Waals surface area contributed by atoms with Gasteiger partial charge in [0.25, 0.3) is 0 Å². The van der Waals surface area contributed by atoms with E-state index in [1.54, 1.807) is 42.7 Å². The normalized spacial score (nSPS) is 22.1. The van der Waals surface area contributed by atoms with Crippen LogP contribution in [0.25, 0.3) is 0 Å². The monoisotopic (exact) mass is 564 g/mol. The molecule has 7 nitrogen and oxygen atoms in total. The van der Waals surface area contributed by atoms with Gasteiger partial charge in [-0.05, 0) is 18.2 Å². The summed E-state index contributed by atoms with van der Waals surface area (Å²) >= 11 is 0. The molecule has 0 fully saturated rings. The number of halogens is 1. The number of rotatable bonds is 9. The molecule has 0 aromatic carbocycles. The summed E-state index contributed by atoms with van der Waals surface area (Å²) in [6.45, 7) is 0. The smallest absolute Gasteiger partial charge is 1.00 e. The minimum Gasteiger partial charge on any atom is -1.00 e. The van der Waals surface area contributed by atoms with Crippen LogP contribution in [0, 0.1) is 0 Å². The van der Waals surface area contributed by atoms with Crippen molar-refractivity contribution in [3.05, 3.63) is 70.3 Å². The zero-order valence-corrected chi connectivity index (χ0v) is 24.8. The van der Waals surface area contributed by atoms with Crippen molar-refractivity contribution in [2.45, 2.75) is 36.6 Å². The van der Waals surface area contributed by atoms with Gasteiger partial charge in [0.2, 0.25) is 0 Å². The molecule has 0 heterocycles. The maximum atomic E-state index is 15.2. The molecule has 3 aliphatic carbocycles. The van der Waals surface area contributed by atoms with Crippen LogP contribution in [0.2, 0.25) is 0 Å². The number of hydrogen-bond acceptors (Lipinski definition) is 7. The van der Waals surface area contributed by atoms with Gasteiger partial charge in [-0.2, -0.15) is 0 Å². The molecule has 0 N–H and O–H groups in total. The van der Waals surface area contributed by atoms with E-state index in [9.17, 15) is 0 Å². The second-order valence-corrected chi connectivity index (χ2v) is 11.3. The fourth-order valence-corrected chi connectivity index (χ4v) is 8.23. The fourth-order valence-electron chi connectivity index (χ4n) is 4.52. The molecule has 0 amide bonds. The molecule has 0 unspecified atom stereocenters. The van der Waals surface area contributed by atoms with Crippen molar-refractivity contribution < 1.29 is 50.2 Å². The van der Waals surface area contributed by atoms with Gasteiger partial charge in [-0.15, -0.1) is 0 Å². The maximum absolute atomic E-state index is 15.2. The Hall–Kier alpha value is -0.377. The summed E-state index contributed by atoms with van der Waals surface area (Å²) in [4.78, 5) is 15.2. The molecule has 0 radical (unpaired) electrons. The Bertz CT molecular complexity index is 770. The van der Waals surface area contributed by atoms with Crippen molar-refractivity contribution in [2.75, 3.05) is 42.7 Å². The summed E-state index contributed by atoms with van der Waals surface area (Å²) in [5.41, 5.74) is 0. The first-order chi connectivity index (χ1) is 15.3. The molecule has 0 aromatic heterocycles. The van der Waals surface area contributed by atoms with Gasteiger partial charge in [-0.1, -0.05) is 52.0 Å². The van der Waals surface area contributed by atoms with Crippen LogP contribution in [0.5, 0.6) is 0 Å². The predicted octanol–water partition coefficient (Wildman–Crippen LogP) is -0.841. The van der Waals surface area contributed by atoms with Crippen molar-refractivity contribution in [3.63, 3.8) is 0 Å². The molecule has 0 aliphatic heterocycles. The molecule has 0 bridgehead atoms. The maximum Gasteiger partial charge on any atom is 2.00 e. The molecule has 3 aliphatic rings. The molecular formula is C24H33BrMgO7Si. The van der Waals surface area contributed by atoms with Gasteiger partial charge in [-0.25, -0.2) is 0 Å². The second kappa shape index (κ2) is 12.7. The van der Waals surface area contributed by atoms with E-state index in [1.807, 2.05) is 54.7 Å². The van der Waals surface area contributed by atoms with Gasteiger partial charge in [0.15, 0.2) is 17.4 Å². The summed E-state index contributed by atoms with van der Waals surface area (Å²) in [5, 5.41) is 2.23. The van der Waals surface area contributed by atoms with Gasteiger partial charge < -0.3 is 50.2 Å². The van der Waals surface area contributed by atoms with Crippen LogP contribution < -0.4 is 21.8 Å². The van der Waals surface area contributed by atoms with Crippen LogP contribution in [-0.2, 0) is 28.4 Å². The Morgan fingerprint density at radius 3 is 1.03 bits per heavy atom. The number of allylic oxidation sites excluding steroid dienone is 6. The van der Waals surface area contributed by atoms with Crippen LogP contribution in [0.1, 0.15) is 19.3 Å². The quantitative estimate of drug-likeness (QED) is 0.267. The molecule has 0 saturated carbocycles. The minimum absolute atomic E-state index is 0. The van der Waals surface area contributed by atoms with Crippen molar-refractivity contribution in [2.24, 2.45) is 0 Å². The first-order valence-electron chi connectivity index (χ1n) is 10.5. The Kier molecular flexibility index (Phi) is 11.9. The number of hydrogen-bond donors (Lipinski definition) is 0. The largest absolute Gasteiger partial charge is 2.00 e. The van der Waals surface area contributed by atoms with E-state index >= 15 is 4.80 Å². The zero-order chi connectivity index (χ0) is 23.5. The van der Waals surface area contributed by atoms with Crippen LogP contribution in [0.15, 0.2) is 70.3 Å². The van der Waals surface area contributed by atoms with Crippen LogP contribution >= 0.6 is 0 Å². The third-order valence-corrected chi connectivity index (χ3v) is 10.4. The van der Waals surface area contributed by atoms with Crippen molar-refractivity contribution in [1.29, 1.82) is 0 Å². The van der Waals surface area contributed by atoms with Gasteiger partial charge in [0.1, 0.15) is 0 Å². The van der Waals surface area contributed by atoms with Crippen LogP contribution in [0.4, 0.5) is 0 Å². The van der Waals surface area contributed by atoms with Gasteiger partial charge in [0.05, 0.1) is 0 Å². The van der Waals surface area contributed by atoms with Crippen molar-refractivity contribution >= 4 is 31.4 Å². The Labute approximate surface area is 230 Å². The van der Waals surface area contributed by atoms with Gasteiger partial charge >= 0.3 is 23.1 Å². The molecule has 0 saturated heterocycles. The van der Waals surface area contributed by atoms with Crippen molar-refractivity contribution in [1.82, 2.24) is 0 Å². The fraction of sp³-hybridized carbons (Fsp3) is 0.500. The molecule has 0 aromatic rings. The molecule has 0 atom stereocenters. The Morgan fingerprint density at radius 1 is 0.588 bits per heavy atom. The number of ether oxygens (including phenoxy) is 6. The SMILES string of the molecule is COC1(OC)C=CC=C([Si]([O-])(C2=CC=CC(OC)(OC)C2)C2=CC=CC(OC)(OC)C2)C1.[Br-].[Mg+2]. The summed E-state index contributed by atoms with van der Waals surface area (Å²) in [5.74, 6) is -2.95. The Morgan fingerprint density at radius 2 is 0.824 bits per heavy atom. The molecule has 184 valence electrons. The van der Waals surface area contributed by atoms with Gasteiger partial charge in [0, 0.05) is 70.2 Å². The van der Waals surface area contributed by atoms with Crippen molar-refractivity contribution in [3.8, 4) is 0 Å². The average molecular weight is 566 g/mol. The third-order valence-electron chi connectivity index (χ3n) is 6.68. The van der Waals surface area contributed by atoms with E-state index in [4.69, 9.17) is 28.4 Å². The summed E-state index contributed by atoms with van der Waals surface area (Å²) < 4.78 is 34.0. The van der Waals surface area contributed by atoms with E-state index in [2.05, 4.69) is 0 Å². The average Bonchev–Trinajstić information content (AvgIpc) is 2.88. The summed E-state index contributed by atoms with van der Waals surface area (Å²) in [6, 6.07) is 0. The minimum atomic E-state index is -3.71.